The van der Waals surface area contributed by atoms with Gasteiger partial charge in [-0.25, -0.2) is 4.79 Å². The van der Waals surface area contributed by atoms with Crippen molar-refractivity contribution in [3.8, 4) is 5.75 Å². The Labute approximate surface area is 155 Å². The van der Waals surface area contributed by atoms with E-state index in [1.165, 1.54) is 36.4 Å². The van der Waals surface area contributed by atoms with Gasteiger partial charge in [0, 0.05) is 34.3 Å². The van der Waals surface area contributed by atoms with Crippen LogP contribution in [0.25, 0.3) is 12.2 Å². The van der Waals surface area contributed by atoms with E-state index >= 15 is 0 Å². The molecule has 0 fully saturated rings. The first kappa shape index (κ1) is 19.0. The second-order valence-electron chi connectivity index (χ2n) is 4.89. The Morgan fingerprint density at radius 2 is 1.85 bits per heavy atom. The highest BCUT2D eigenvalue weighted by molar-refractivity contribution is 9.10. The highest BCUT2D eigenvalue weighted by Gasteiger charge is 2.08. The summed E-state index contributed by atoms with van der Waals surface area (Å²) in [5.74, 6) is -0.588. The normalized spacial score (nSPS) is 11.0. The van der Waals surface area contributed by atoms with E-state index in [1.54, 1.807) is 18.2 Å². The topological polar surface area (TPSA) is 113 Å². The molecule has 2 rings (SSSR count). The average Bonchev–Trinajstić information content (AvgIpc) is 2.60. The molecule has 0 N–H and O–H groups in total. The van der Waals surface area contributed by atoms with Crippen molar-refractivity contribution in [3.05, 3.63) is 90.6 Å². The highest BCUT2D eigenvalue weighted by Crippen LogP contribution is 2.25. The first-order chi connectivity index (χ1) is 12.3. The lowest BCUT2D eigenvalue weighted by atomic mass is 10.2. The number of halogens is 1. The Hall–Kier alpha value is -3.33. The van der Waals surface area contributed by atoms with Crippen molar-refractivity contribution in [3.63, 3.8) is 0 Å². The fraction of sp³-hybridized carbons (Fsp3) is 0. The van der Waals surface area contributed by atoms with Gasteiger partial charge in [0.05, 0.1) is 9.85 Å². The molecule has 26 heavy (non-hydrogen) atoms. The number of nitrogens with zero attached hydrogens (tertiary/aromatic N) is 2. The van der Waals surface area contributed by atoms with Crippen molar-refractivity contribution in [1.29, 1.82) is 0 Å². The quantitative estimate of drug-likeness (QED) is 0.228. The molecular formula is C17H11BrN2O6. The first-order valence-electron chi connectivity index (χ1n) is 7.11. The molecule has 9 heteroatoms. The van der Waals surface area contributed by atoms with Crippen molar-refractivity contribution in [1.82, 2.24) is 0 Å². The molecule has 0 heterocycles. The summed E-state index contributed by atoms with van der Waals surface area (Å²) < 4.78 is 5.84. The van der Waals surface area contributed by atoms with E-state index in [0.717, 1.165) is 12.3 Å². The fourth-order valence-corrected chi connectivity index (χ4v) is 2.31. The summed E-state index contributed by atoms with van der Waals surface area (Å²) in [5.41, 5.74) is 0.703. The van der Waals surface area contributed by atoms with Crippen molar-refractivity contribution in [2.45, 2.75) is 0 Å². The second-order valence-corrected chi connectivity index (χ2v) is 5.81. The summed E-state index contributed by atoms with van der Waals surface area (Å²) in [7, 11) is 0. The van der Waals surface area contributed by atoms with Crippen molar-refractivity contribution < 1.29 is 19.4 Å². The summed E-state index contributed by atoms with van der Waals surface area (Å²) in [6.45, 7) is 0. The molecule has 0 aliphatic carbocycles. The summed E-state index contributed by atoms with van der Waals surface area (Å²) in [4.78, 5) is 32.0. The van der Waals surface area contributed by atoms with Crippen LogP contribution < -0.4 is 4.74 Å². The minimum absolute atomic E-state index is 0.0966. The molecule has 0 atom stereocenters. The van der Waals surface area contributed by atoms with Crippen molar-refractivity contribution in [2.24, 2.45) is 0 Å². The predicted octanol–water partition coefficient (Wildman–Crippen LogP) is 4.22. The number of rotatable bonds is 6. The fourth-order valence-electron chi connectivity index (χ4n) is 1.93. The van der Waals surface area contributed by atoms with E-state index < -0.39 is 15.8 Å². The number of hydrogen-bond acceptors (Lipinski definition) is 6. The van der Waals surface area contributed by atoms with Crippen LogP contribution in [0.3, 0.4) is 0 Å². The number of carbonyl (C=O) groups is 1. The maximum atomic E-state index is 12.0. The molecule has 0 amide bonds. The van der Waals surface area contributed by atoms with E-state index in [4.69, 9.17) is 4.74 Å². The van der Waals surface area contributed by atoms with Crippen LogP contribution in [0.2, 0.25) is 0 Å². The lowest BCUT2D eigenvalue weighted by molar-refractivity contribution is -0.400. The predicted molar refractivity (Wildman–Crippen MR) is 97.9 cm³/mol. The molecule has 0 bridgehead atoms. The Bertz CT molecular complexity index is 923. The lowest BCUT2D eigenvalue weighted by Gasteiger charge is -2.05. The molecule has 0 saturated heterocycles. The smallest absolute Gasteiger partial charge is 0.336 e. The Kier molecular flexibility index (Phi) is 6.34. The Morgan fingerprint density at radius 3 is 2.54 bits per heavy atom. The van der Waals surface area contributed by atoms with Crippen LogP contribution in [-0.2, 0) is 4.79 Å². The third-order valence-corrected chi connectivity index (χ3v) is 3.54. The number of non-ortho nitro benzene ring substituents is 1. The van der Waals surface area contributed by atoms with Crippen LogP contribution in [0, 0.1) is 20.2 Å². The monoisotopic (exact) mass is 418 g/mol. The minimum Gasteiger partial charge on any atom is -0.423 e. The van der Waals surface area contributed by atoms with Crippen LogP contribution in [0.4, 0.5) is 5.69 Å². The number of nitro benzene ring substituents is 1. The van der Waals surface area contributed by atoms with Gasteiger partial charge in [0.1, 0.15) is 5.75 Å². The summed E-state index contributed by atoms with van der Waals surface area (Å²) in [5, 5.41) is 21.2. The van der Waals surface area contributed by atoms with Gasteiger partial charge in [-0.3, -0.25) is 20.2 Å². The summed E-state index contributed by atoms with van der Waals surface area (Å²) in [6.07, 6.45) is 4.43. The van der Waals surface area contributed by atoms with E-state index in [2.05, 4.69) is 15.9 Å². The number of esters is 1. The lowest BCUT2D eigenvalue weighted by Crippen LogP contribution is -2.05. The second kappa shape index (κ2) is 8.67. The molecule has 8 nitrogen and oxygen atoms in total. The average molecular weight is 419 g/mol. The van der Waals surface area contributed by atoms with Crippen LogP contribution >= 0.6 is 15.9 Å². The van der Waals surface area contributed by atoms with E-state index in [0.29, 0.717) is 15.6 Å². The Morgan fingerprint density at radius 1 is 1.08 bits per heavy atom. The summed E-state index contributed by atoms with van der Waals surface area (Å²) >= 11 is 3.24. The van der Waals surface area contributed by atoms with Crippen LogP contribution in [0.1, 0.15) is 11.1 Å². The molecule has 0 spiro atoms. The third kappa shape index (κ3) is 5.64. The van der Waals surface area contributed by atoms with Gasteiger partial charge >= 0.3 is 5.97 Å². The number of benzene rings is 2. The molecule has 0 aliphatic rings. The van der Waals surface area contributed by atoms with E-state index in [1.807, 2.05) is 0 Å². The molecule has 0 aromatic heterocycles. The molecular weight excluding hydrogens is 408 g/mol. The van der Waals surface area contributed by atoms with Crippen LogP contribution in [-0.4, -0.2) is 15.8 Å². The zero-order chi connectivity index (χ0) is 19.1. The molecule has 0 unspecified atom stereocenters. The Balaban J connectivity index is 2.16. The van der Waals surface area contributed by atoms with E-state index in [9.17, 15) is 25.0 Å². The molecule has 0 radical (unpaired) electrons. The van der Waals surface area contributed by atoms with Gasteiger partial charge in [0.2, 0.25) is 6.20 Å². The molecule has 132 valence electrons. The van der Waals surface area contributed by atoms with Gasteiger partial charge in [-0.1, -0.05) is 28.1 Å². The SMILES string of the molecule is O=C(/C=C/c1cccc([N+](=O)[O-])c1)Oc1ccc(Br)cc1/C=C/[N+](=O)[O-]. The zero-order valence-electron chi connectivity index (χ0n) is 13.1. The number of carbonyl (C=O) groups excluding carboxylic acids is 1. The molecule has 2 aromatic rings. The minimum atomic E-state index is -0.727. The molecule has 0 aliphatic heterocycles. The maximum absolute atomic E-state index is 12.0. The van der Waals surface area contributed by atoms with Crippen LogP contribution in [0.15, 0.2) is 59.2 Å². The number of nitro groups is 2. The van der Waals surface area contributed by atoms with Gasteiger partial charge in [-0.05, 0) is 29.8 Å². The van der Waals surface area contributed by atoms with Crippen molar-refractivity contribution in [2.75, 3.05) is 0 Å². The first-order valence-corrected chi connectivity index (χ1v) is 7.90. The third-order valence-electron chi connectivity index (χ3n) is 3.05. The van der Waals surface area contributed by atoms with Gasteiger partial charge in [-0.2, -0.15) is 0 Å². The standard InChI is InChI=1S/C17H11BrN2O6/c18-14-5-6-16(13(11-14)8-9-19(22)23)26-17(21)7-4-12-2-1-3-15(10-12)20(24)25/h1-11H/b7-4+,9-8+. The van der Waals surface area contributed by atoms with Gasteiger partial charge in [0.15, 0.2) is 0 Å². The number of ether oxygens (including phenoxy) is 1. The van der Waals surface area contributed by atoms with Gasteiger partial charge in [-0.15, -0.1) is 0 Å². The van der Waals surface area contributed by atoms with E-state index in [-0.39, 0.29) is 11.4 Å². The van der Waals surface area contributed by atoms with Crippen LogP contribution in [0.5, 0.6) is 5.75 Å². The zero-order valence-corrected chi connectivity index (χ0v) is 14.7. The van der Waals surface area contributed by atoms with Gasteiger partial charge in [0.25, 0.3) is 5.69 Å². The largest absolute Gasteiger partial charge is 0.423 e. The molecule has 0 saturated carbocycles. The highest BCUT2D eigenvalue weighted by atomic mass is 79.9. The number of hydrogen-bond donors (Lipinski definition) is 0. The van der Waals surface area contributed by atoms with Crippen molar-refractivity contribution >= 4 is 39.7 Å². The summed E-state index contributed by atoms with van der Waals surface area (Å²) in [6, 6.07) is 10.4. The molecule has 2 aromatic carbocycles. The van der Waals surface area contributed by atoms with Gasteiger partial charge < -0.3 is 4.74 Å². The maximum Gasteiger partial charge on any atom is 0.336 e.